The van der Waals surface area contributed by atoms with Crippen LogP contribution in [0.1, 0.15) is 47.8 Å². The lowest BCUT2D eigenvalue weighted by Crippen LogP contribution is -2.11. The first kappa shape index (κ1) is 16.6. The molecule has 4 nitrogen and oxygen atoms in total. The second-order valence-corrected chi connectivity index (χ2v) is 7.10. The van der Waals surface area contributed by atoms with Crippen molar-refractivity contribution in [1.82, 2.24) is 9.55 Å². The summed E-state index contributed by atoms with van der Waals surface area (Å²) >= 11 is 7.28. The summed E-state index contributed by atoms with van der Waals surface area (Å²) in [4.78, 5) is 16.7. The molecule has 6 heteroatoms. The zero-order valence-electron chi connectivity index (χ0n) is 12.7. The summed E-state index contributed by atoms with van der Waals surface area (Å²) in [6.07, 6.45) is 6.36. The quantitative estimate of drug-likeness (QED) is 0.629. The lowest BCUT2D eigenvalue weighted by Gasteiger charge is -2.17. The van der Waals surface area contributed by atoms with E-state index in [1.165, 1.54) is 24.6 Å². The summed E-state index contributed by atoms with van der Waals surface area (Å²) in [6.45, 7) is -0.0187. The number of carbonyl (C=O) groups excluding carboxylic acids is 1. The van der Waals surface area contributed by atoms with E-state index in [2.05, 4.69) is 9.55 Å². The van der Waals surface area contributed by atoms with E-state index in [4.69, 9.17) is 11.6 Å². The maximum atomic E-state index is 12.3. The lowest BCUT2D eigenvalue weighted by atomic mass is 10.1. The predicted molar refractivity (Wildman–Crippen MR) is 92.2 cm³/mol. The van der Waals surface area contributed by atoms with Gasteiger partial charge in [-0.05, 0) is 37.1 Å². The zero-order chi connectivity index (χ0) is 16.2. The highest BCUT2D eigenvalue weighted by Crippen LogP contribution is 2.34. The first-order valence-corrected chi connectivity index (χ1v) is 9.14. The van der Waals surface area contributed by atoms with Crippen molar-refractivity contribution >= 4 is 29.1 Å². The van der Waals surface area contributed by atoms with Gasteiger partial charge in [0.15, 0.2) is 10.9 Å². The third-order valence-electron chi connectivity index (χ3n) is 4.19. The Labute approximate surface area is 144 Å². The number of aliphatic hydroxyl groups is 1. The number of imidazole rings is 1. The number of hydrogen-bond donors (Lipinski definition) is 1. The van der Waals surface area contributed by atoms with Crippen LogP contribution in [0.2, 0.25) is 5.02 Å². The maximum Gasteiger partial charge on any atom is 0.173 e. The summed E-state index contributed by atoms with van der Waals surface area (Å²) in [5, 5.41) is 11.0. The van der Waals surface area contributed by atoms with E-state index < -0.39 is 0 Å². The van der Waals surface area contributed by atoms with Crippen LogP contribution in [0, 0.1) is 0 Å². The molecule has 0 bridgehead atoms. The van der Waals surface area contributed by atoms with Crippen LogP contribution in [-0.2, 0) is 6.61 Å². The van der Waals surface area contributed by atoms with E-state index in [0.29, 0.717) is 22.4 Å². The molecule has 1 saturated carbocycles. The number of nitrogens with zero attached hydrogens (tertiary/aromatic N) is 2. The number of thioether (sulfide) groups is 1. The normalized spacial score (nSPS) is 15.2. The van der Waals surface area contributed by atoms with Gasteiger partial charge in [0.2, 0.25) is 0 Å². The molecule has 23 heavy (non-hydrogen) atoms. The van der Waals surface area contributed by atoms with Gasteiger partial charge in [-0.2, -0.15) is 0 Å². The third kappa shape index (κ3) is 3.79. The van der Waals surface area contributed by atoms with E-state index in [1.807, 2.05) is 0 Å². The summed E-state index contributed by atoms with van der Waals surface area (Å²) in [5.74, 6) is 0.383. The number of aliphatic hydroxyl groups excluding tert-OH is 1. The number of ketones is 1. The molecular formula is C17H19ClN2O2S. The molecule has 1 aromatic heterocycles. The van der Waals surface area contributed by atoms with E-state index in [9.17, 15) is 9.90 Å². The Kier molecular flexibility index (Phi) is 5.41. The van der Waals surface area contributed by atoms with Gasteiger partial charge in [-0.25, -0.2) is 4.98 Å². The van der Waals surface area contributed by atoms with Crippen LogP contribution >= 0.6 is 23.4 Å². The Morgan fingerprint density at radius 3 is 2.65 bits per heavy atom. The fraction of sp³-hybridized carbons (Fsp3) is 0.412. The van der Waals surface area contributed by atoms with Crippen molar-refractivity contribution in [3.63, 3.8) is 0 Å². The zero-order valence-corrected chi connectivity index (χ0v) is 14.3. The summed E-state index contributed by atoms with van der Waals surface area (Å²) < 4.78 is 2.12. The van der Waals surface area contributed by atoms with Crippen molar-refractivity contribution < 1.29 is 9.90 Å². The van der Waals surface area contributed by atoms with E-state index in [1.54, 1.807) is 30.5 Å². The molecule has 0 radical (unpaired) electrons. The fourth-order valence-corrected chi connectivity index (χ4v) is 4.09. The standard InChI is InChI=1S/C17H19ClN2O2S/c18-13-7-5-12(6-8-13)16(22)11-23-17-19-9-15(10-21)20(17)14-3-1-2-4-14/h5-9,14,21H,1-4,10-11H2. The first-order chi connectivity index (χ1) is 11.2. The average Bonchev–Trinajstić information content (AvgIpc) is 3.21. The minimum atomic E-state index is -0.0187. The van der Waals surface area contributed by atoms with Crippen LogP contribution in [0.15, 0.2) is 35.6 Å². The van der Waals surface area contributed by atoms with Crippen LogP contribution < -0.4 is 0 Å². The maximum absolute atomic E-state index is 12.3. The molecule has 1 fully saturated rings. The molecule has 1 aromatic carbocycles. The molecule has 1 aliphatic rings. The van der Waals surface area contributed by atoms with Gasteiger partial charge in [0, 0.05) is 16.6 Å². The molecule has 2 aromatic rings. The van der Waals surface area contributed by atoms with Gasteiger partial charge >= 0.3 is 0 Å². The Morgan fingerprint density at radius 2 is 2.00 bits per heavy atom. The molecular weight excluding hydrogens is 332 g/mol. The lowest BCUT2D eigenvalue weighted by molar-refractivity contribution is 0.102. The van der Waals surface area contributed by atoms with Crippen molar-refractivity contribution in [1.29, 1.82) is 0 Å². The minimum Gasteiger partial charge on any atom is -0.390 e. The monoisotopic (exact) mass is 350 g/mol. The van der Waals surface area contributed by atoms with Crippen molar-refractivity contribution in [2.75, 3.05) is 5.75 Å². The largest absolute Gasteiger partial charge is 0.390 e. The predicted octanol–water partition coefficient (Wildman–Crippen LogP) is 4.12. The van der Waals surface area contributed by atoms with Gasteiger partial charge in [0.25, 0.3) is 0 Å². The number of rotatable bonds is 6. The Morgan fingerprint density at radius 1 is 1.30 bits per heavy atom. The molecule has 1 N–H and O–H groups in total. The second-order valence-electron chi connectivity index (χ2n) is 5.72. The Hall–Kier alpha value is -1.30. The third-order valence-corrected chi connectivity index (χ3v) is 5.41. The molecule has 0 unspecified atom stereocenters. The van der Waals surface area contributed by atoms with Crippen molar-refractivity contribution in [2.45, 2.75) is 43.5 Å². The van der Waals surface area contributed by atoms with Crippen LogP contribution in [0.25, 0.3) is 0 Å². The summed E-state index contributed by atoms with van der Waals surface area (Å²) in [6, 6.07) is 7.33. The molecule has 0 spiro atoms. The molecule has 1 aliphatic carbocycles. The van der Waals surface area contributed by atoms with Crippen LogP contribution in [0.5, 0.6) is 0 Å². The topological polar surface area (TPSA) is 55.1 Å². The second kappa shape index (κ2) is 7.51. The first-order valence-electron chi connectivity index (χ1n) is 7.77. The van der Waals surface area contributed by atoms with Gasteiger partial charge in [-0.3, -0.25) is 4.79 Å². The number of halogens is 1. The van der Waals surface area contributed by atoms with Crippen LogP contribution in [-0.4, -0.2) is 26.2 Å². The van der Waals surface area contributed by atoms with Gasteiger partial charge < -0.3 is 9.67 Å². The molecule has 1 heterocycles. The SMILES string of the molecule is O=C(CSc1ncc(CO)n1C1CCCC1)c1ccc(Cl)cc1. The molecule has 0 aliphatic heterocycles. The highest BCUT2D eigenvalue weighted by molar-refractivity contribution is 7.99. The van der Waals surface area contributed by atoms with Gasteiger partial charge in [-0.15, -0.1) is 0 Å². The average molecular weight is 351 g/mol. The van der Waals surface area contributed by atoms with Crippen molar-refractivity contribution in [3.8, 4) is 0 Å². The Balaban J connectivity index is 1.71. The van der Waals surface area contributed by atoms with E-state index in [0.717, 1.165) is 23.7 Å². The molecule has 0 atom stereocenters. The smallest absolute Gasteiger partial charge is 0.173 e. The molecule has 122 valence electrons. The number of benzene rings is 1. The van der Waals surface area contributed by atoms with E-state index in [-0.39, 0.29) is 12.4 Å². The van der Waals surface area contributed by atoms with Crippen LogP contribution in [0.4, 0.5) is 0 Å². The Bertz CT molecular complexity index is 678. The van der Waals surface area contributed by atoms with Gasteiger partial charge in [0.1, 0.15) is 0 Å². The molecule has 0 amide bonds. The summed E-state index contributed by atoms with van der Waals surface area (Å²) in [7, 11) is 0. The number of aromatic nitrogens is 2. The number of Topliss-reactive ketones (excluding diaryl/α,β-unsaturated/α-hetero) is 1. The highest BCUT2D eigenvalue weighted by atomic mass is 35.5. The summed E-state index contributed by atoms with van der Waals surface area (Å²) in [5.41, 5.74) is 1.49. The fourth-order valence-electron chi connectivity index (χ4n) is 3.00. The number of carbonyl (C=O) groups is 1. The van der Waals surface area contributed by atoms with E-state index >= 15 is 0 Å². The molecule has 0 saturated heterocycles. The van der Waals surface area contributed by atoms with Crippen molar-refractivity contribution in [3.05, 3.63) is 46.7 Å². The van der Waals surface area contributed by atoms with Gasteiger partial charge in [0.05, 0.1) is 24.3 Å². The van der Waals surface area contributed by atoms with Gasteiger partial charge in [-0.1, -0.05) is 36.2 Å². The van der Waals surface area contributed by atoms with Crippen LogP contribution in [0.3, 0.4) is 0 Å². The minimum absolute atomic E-state index is 0.0187. The number of hydrogen-bond acceptors (Lipinski definition) is 4. The van der Waals surface area contributed by atoms with Crippen molar-refractivity contribution in [2.24, 2.45) is 0 Å². The highest BCUT2D eigenvalue weighted by Gasteiger charge is 2.23. The molecule has 3 rings (SSSR count).